The van der Waals surface area contributed by atoms with E-state index in [9.17, 15) is 0 Å². The predicted octanol–water partition coefficient (Wildman–Crippen LogP) is 13.4. The van der Waals surface area contributed by atoms with Crippen molar-refractivity contribution >= 4 is 21.9 Å². The summed E-state index contributed by atoms with van der Waals surface area (Å²) in [4.78, 5) is 0. The van der Waals surface area contributed by atoms with Crippen molar-refractivity contribution in [1.29, 1.82) is 0 Å². The van der Waals surface area contributed by atoms with Gasteiger partial charge in [-0.05, 0) is 67.4 Å². The third-order valence-corrected chi connectivity index (χ3v) is 10.4. The van der Waals surface area contributed by atoms with E-state index < -0.39 is 0 Å². The van der Waals surface area contributed by atoms with E-state index in [0.717, 1.165) is 100 Å². The van der Waals surface area contributed by atoms with Crippen LogP contribution >= 0.6 is 0 Å². The molecule has 0 aliphatic rings. The number of benzene rings is 8. The average Bonchev–Trinajstić information content (AvgIpc) is 3.66. The molecule has 0 saturated heterocycles. The molecule has 258 valence electrons. The highest BCUT2D eigenvalue weighted by Crippen LogP contribution is 2.49. The van der Waals surface area contributed by atoms with Gasteiger partial charge in [0.25, 0.3) is 0 Å². The van der Waals surface area contributed by atoms with Gasteiger partial charge in [-0.1, -0.05) is 188 Å². The molecule has 10 aromatic rings. The fraction of sp³-hybridized carbons (Fsp3) is 0. The van der Waals surface area contributed by atoms with E-state index in [0.29, 0.717) is 0 Å². The Morgan fingerprint density at radius 3 is 1.44 bits per heavy atom. The summed E-state index contributed by atoms with van der Waals surface area (Å²) >= 11 is 0. The number of fused-ring (bicyclic) bond motifs is 3. The first-order valence-electron chi connectivity index (χ1n) is 18.5. The van der Waals surface area contributed by atoms with Crippen molar-refractivity contribution in [3.63, 3.8) is 0 Å². The number of para-hydroxylation sites is 1. The van der Waals surface area contributed by atoms with Gasteiger partial charge < -0.3 is 4.42 Å². The molecule has 0 atom stereocenters. The Kier molecular flexibility index (Phi) is 8.12. The van der Waals surface area contributed by atoms with Crippen LogP contribution in [0.15, 0.2) is 205 Å². The molecule has 10 rings (SSSR count). The number of rotatable bonds is 7. The van der Waals surface area contributed by atoms with Crippen LogP contribution in [-0.2, 0) is 0 Å². The van der Waals surface area contributed by atoms with Crippen LogP contribution in [0.2, 0.25) is 0 Å². The first kappa shape index (κ1) is 32.2. The van der Waals surface area contributed by atoms with Gasteiger partial charge in [0, 0.05) is 27.5 Å². The van der Waals surface area contributed by atoms with E-state index in [1.807, 2.05) is 24.3 Å². The molecular formula is C51H33N3O. The van der Waals surface area contributed by atoms with Crippen molar-refractivity contribution < 1.29 is 4.42 Å². The first-order chi connectivity index (χ1) is 27.3. The molecule has 4 nitrogen and oxygen atoms in total. The molecule has 8 aromatic carbocycles. The zero-order valence-corrected chi connectivity index (χ0v) is 29.8. The Morgan fingerprint density at radius 2 is 0.745 bits per heavy atom. The molecule has 0 spiro atoms. The molecule has 2 aromatic heterocycles. The third kappa shape index (κ3) is 5.68. The van der Waals surface area contributed by atoms with Gasteiger partial charge in [0.15, 0.2) is 0 Å². The molecule has 0 aliphatic heterocycles. The van der Waals surface area contributed by atoms with Crippen molar-refractivity contribution in [3.05, 3.63) is 200 Å². The van der Waals surface area contributed by atoms with Crippen LogP contribution in [0, 0.1) is 0 Å². The fourth-order valence-electron chi connectivity index (χ4n) is 7.96. The molecular weight excluding hydrogens is 671 g/mol. The van der Waals surface area contributed by atoms with Crippen LogP contribution in [0.1, 0.15) is 0 Å². The van der Waals surface area contributed by atoms with Crippen molar-refractivity contribution in [3.8, 4) is 78.1 Å². The van der Waals surface area contributed by atoms with Gasteiger partial charge in [-0.25, -0.2) is 0 Å². The quantitative estimate of drug-likeness (QED) is 0.166. The maximum Gasteiger partial charge on any atom is 0.136 e. The summed E-state index contributed by atoms with van der Waals surface area (Å²) in [5.41, 5.74) is 15.6. The number of furan rings is 1. The topological polar surface area (TPSA) is 51.8 Å². The Balaban J connectivity index is 1.36. The number of hydrogen-bond donors (Lipinski definition) is 0. The van der Waals surface area contributed by atoms with E-state index in [2.05, 4.69) is 181 Å². The summed E-state index contributed by atoms with van der Waals surface area (Å²) in [5, 5.41) is 16.8. The molecule has 0 saturated carbocycles. The molecule has 0 bridgehead atoms. The molecule has 0 unspecified atom stereocenters. The zero-order valence-electron chi connectivity index (χ0n) is 29.8. The lowest BCUT2D eigenvalue weighted by atomic mass is 9.83. The predicted molar refractivity (Wildman–Crippen MR) is 225 cm³/mol. The molecule has 0 amide bonds. The van der Waals surface area contributed by atoms with E-state index >= 15 is 0 Å². The zero-order chi connectivity index (χ0) is 36.6. The Morgan fingerprint density at radius 1 is 0.291 bits per heavy atom. The summed E-state index contributed by atoms with van der Waals surface area (Å²) in [7, 11) is 0. The Labute approximate surface area is 319 Å². The summed E-state index contributed by atoms with van der Waals surface area (Å²) in [5.74, 6) is 0. The Hall–Kier alpha value is -7.43. The lowest BCUT2D eigenvalue weighted by molar-refractivity contribution is 0.669. The minimum atomic E-state index is 0.746. The molecule has 0 N–H and O–H groups in total. The van der Waals surface area contributed by atoms with Gasteiger partial charge in [0.05, 0.1) is 0 Å². The highest BCUT2D eigenvalue weighted by molar-refractivity contribution is 6.15. The molecule has 0 aliphatic carbocycles. The van der Waals surface area contributed by atoms with Gasteiger partial charge in [-0.3, -0.25) is 0 Å². The van der Waals surface area contributed by atoms with Crippen LogP contribution in [0.5, 0.6) is 0 Å². The van der Waals surface area contributed by atoms with Crippen LogP contribution in [0.4, 0.5) is 0 Å². The van der Waals surface area contributed by atoms with E-state index in [1.165, 1.54) is 0 Å². The van der Waals surface area contributed by atoms with Gasteiger partial charge in [-0.2, -0.15) is 0 Å². The molecule has 55 heavy (non-hydrogen) atoms. The monoisotopic (exact) mass is 703 g/mol. The third-order valence-electron chi connectivity index (χ3n) is 10.4. The number of nitrogens with zero attached hydrogens (tertiary/aromatic N) is 3. The summed E-state index contributed by atoms with van der Waals surface area (Å²) in [6.07, 6.45) is 0. The van der Waals surface area contributed by atoms with Crippen LogP contribution in [0.3, 0.4) is 0 Å². The standard InChI is InChI=1S/C51H33N3O/c1-4-18-34(19-5-1)37-24-10-12-26-40(37)49-50(43-27-13-11-25-38(43)35-20-6-2-7-21-35)52-54-53-51(49)48-39(36-22-8-3-9-23-36)29-16-30-42(48)41-31-17-33-46-47(41)44-28-14-15-32-45(44)55-46/h1-33H. The normalized spacial score (nSPS) is 11.3. The lowest BCUT2D eigenvalue weighted by Crippen LogP contribution is -2.04. The Bertz CT molecular complexity index is 2970. The molecule has 0 radical (unpaired) electrons. The van der Waals surface area contributed by atoms with Gasteiger partial charge in [0.2, 0.25) is 0 Å². The van der Waals surface area contributed by atoms with E-state index in [1.54, 1.807) is 0 Å². The van der Waals surface area contributed by atoms with Crippen LogP contribution in [-0.4, -0.2) is 15.4 Å². The van der Waals surface area contributed by atoms with E-state index in [-0.39, 0.29) is 0 Å². The van der Waals surface area contributed by atoms with Gasteiger partial charge in [-0.15, -0.1) is 10.2 Å². The summed E-state index contributed by atoms with van der Waals surface area (Å²) in [6.45, 7) is 0. The number of aromatic nitrogens is 3. The largest absolute Gasteiger partial charge is 0.456 e. The average molecular weight is 704 g/mol. The lowest BCUT2D eigenvalue weighted by Gasteiger charge is -2.21. The minimum absolute atomic E-state index is 0.746. The second-order valence-corrected chi connectivity index (χ2v) is 13.6. The maximum absolute atomic E-state index is 6.43. The molecule has 2 heterocycles. The van der Waals surface area contributed by atoms with Crippen molar-refractivity contribution in [2.24, 2.45) is 0 Å². The molecule has 0 fully saturated rings. The second-order valence-electron chi connectivity index (χ2n) is 13.6. The smallest absolute Gasteiger partial charge is 0.136 e. The van der Waals surface area contributed by atoms with Crippen molar-refractivity contribution in [1.82, 2.24) is 15.4 Å². The summed E-state index contributed by atoms with van der Waals surface area (Å²) < 4.78 is 6.43. The van der Waals surface area contributed by atoms with E-state index in [4.69, 9.17) is 14.6 Å². The van der Waals surface area contributed by atoms with Gasteiger partial charge >= 0.3 is 0 Å². The van der Waals surface area contributed by atoms with Gasteiger partial charge in [0.1, 0.15) is 22.6 Å². The maximum atomic E-state index is 6.43. The second kappa shape index (κ2) is 13.8. The SMILES string of the molecule is c1ccc(-c2ccccc2-c2nnnc(-c3c(-c4ccccc4)cccc3-c3cccc4oc5ccccc5c34)c2-c2ccccc2-c2ccccc2)cc1. The number of hydrogen-bond acceptors (Lipinski definition) is 4. The van der Waals surface area contributed by atoms with Crippen molar-refractivity contribution in [2.45, 2.75) is 0 Å². The van der Waals surface area contributed by atoms with Crippen molar-refractivity contribution in [2.75, 3.05) is 0 Å². The highest BCUT2D eigenvalue weighted by Gasteiger charge is 2.27. The minimum Gasteiger partial charge on any atom is -0.456 e. The van der Waals surface area contributed by atoms with Crippen LogP contribution in [0.25, 0.3) is 100 Å². The molecule has 4 heteroatoms. The summed E-state index contributed by atoms with van der Waals surface area (Å²) in [6, 6.07) is 69.7. The highest BCUT2D eigenvalue weighted by atomic mass is 16.3. The fourth-order valence-corrected chi connectivity index (χ4v) is 7.96. The first-order valence-corrected chi connectivity index (χ1v) is 18.5. The van der Waals surface area contributed by atoms with Crippen LogP contribution < -0.4 is 0 Å².